The van der Waals surface area contributed by atoms with Gasteiger partial charge in [0.15, 0.2) is 0 Å². The molecule has 25 heavy (non-hydrogen) atoms. The molecule has 1 N–H and O–H groups in total. The second kappa shape index (κ2) is 5.92. The van der Waals surface area contributed by atoms with Crippen molar-refractivity contribution in [1.82, 2.24) is 19.8 Å². The largest absolute Gasteiger partial charge is 0.331 e. The van der Waals surface area contributed by atoms with Crippen LogP contribution < -0.4 is 10.9 Å². The van der Waals surface area contributed by atoms with Gasteiger partial charge in [-0.05, 0) is 51.6 Å². The third-order valence-corrected chi connectivity index (χ3v) is 7.13. The Morgan fingerprint density at radius 3 is 3.04 bits per heavy atom. The molecule has 134 valence electrons. The molecule has 4 rings (SSSR count). The summed E-state index contributed by atoms with van der Waals surface area (Å²) in [6.45, 7) is 5.90. The molecule has 0 radical (unpaired) electrons. The predicted octanol–water partition coefficient (Wildman–Crippen LogP) is 2.05. The number of fused-ring (bicyclic) bond motifs is 2. The molecule has 0 saturated carbocycles. The van der Waals surface area contributed by atoms with Crippen LogP contribution in [0.5, 0.6) is 0 Å². The van der Waals surface area contributed by atoms with Crippen LogP contribution >= 0.6 is 11.3 Å². The summed E-state index contributed by atoms with van der Waals surface area (Å²) in [7, 11) is 1.69. The molecular formula is C18H24N4O2S. The van der Waals surface area contributed by atoms with Crippen molar-refractivity contribution in [3.63, 3.8) is 0 Å². The monoisotopic (exact) mass is 360 g/mol. The van der Waals surface area contributed by atoms with Crippen LogP contribution in [0.3, 0.4) is 0 Å². The number of hydrogen-bond donors (Lipinski definition) is 1. The van der Waals surface area contributed by atoms with Crippen LogP contribution in [-0.2, 0) is 7.05 Å². The van der Waals surface area contributed by atoms with Crippen molar-refractivity contribution in [2.45, 2.75) is 51.1 Å². The average Bonchev–Trinajstić information content (AvgIpc) is 2.94. The lowest BCUT2D eigenvalue weighted by Gasteiger charge is -2.53. The topological polar surface area (TPSA) is 67.2 Å². The summed E-state index contributed by atoms with van der Waals surface area (Å²) in [4.78, 5) is 33.6. The molecule has 6 nitrogen and oxygen atoms in total. The second-order valence-electron chi connectivity index (χ2n) is 7.46. The predicted molar refractivity (Wildman–Crippen MR) is 99.3 cm³/mol. The average molecular weight is 360 g/mol. The Labute approximate surface area is 150 Å². The van der Waals surface area contributed by atoms with Crippen molar-refractivity contribution in [1.29, 1.82) is 0 Å². The number of piperidine rings is 2. The zero-order valence-electron chi connectivity index (χ0n) is 15.0. The van der Waals surface area contributed by atoms with E-state index in [0.29, 0.717) is 21.1 Å². The lowest BCUT2D eigenvalue weighted by molar-refractivity contribution is 0.00914. The van der Waals surface area contributed by atoms with Gasteiger partial charge in [-0.3, -0.25) is 9.59 Å². The maximum atomic E-state index is 13.4. The molecule has 2 aliphatic heterocycles. The number of aromatic nitrogens is 2. The lowest BCUT2D eigenvalue weighted by atomic mass is 9.77. The van der Waals surface area contributed by atoms with Crippen LogP contribution in [0.25, 0.3) is 10.2 Å². The number of carbonyl (C=O) groups excluding carboxylic acids is 1. The minimum Gasteiger partial charge on any atom is -0.331 e. The van der Waals surface area contributed by atoms with Gasteiger partial charge in [0, 0.05) is 19.6 Å². The van der Waals surface area contributed by atoms with Gasteiger partial charge in [-0.1, -0.05) is 0 Å². The molecule has 0 aliphatic carbocycles. The molecule has 0 unspecified atom stereocenters. The molecule has 2 aliphatic rings. The van der Waals surface area contributed by atoms with Crippen molar-refractivity contribution in [3.05, 3.63) is 27.1 Å². The van der Waals surface area contributed by atoms with E-state index in [1.807, 2.05) is 6.92 Å². The molecule has 7 heteroatoms. The van der Waals surface area contributed by atoms with Gasteiger partial charge in [0.1, 0.15) is 4.83 Å². The first kappa shape index (κ1) is 16.7. The molecule has 0 aromatic carbocycles. The van der Waals surface area contributed by atoms with Crippen molar-refractivity contribution in [3.8, 4) is 0 Å². The normalized spacial score (nSPS) is 26.7. The lowest BCUT2D eigenvalue weighted by Crippen LogP contribution is -2.66. The quantitative estimate of drug-likeness (QED) is 0.845. The van der Waals surface area contributed by atoms with E-state index in [-0.39, 0.29) is 17.0 Å². The summed E-state index contributed by atoms with van der Waals surface area (Å²) < 4.78 is 1.47. The van der Waals surface area contributed by atoms with Gasteiger partial charge < -0.3 is 14.8 Å². The van der Waals surface area contributed by atoms with Crippen LogP contribution in [0.4, 0.5) is 0 Å². The van der Waals surface area contributed by atoms with Crippen LogP contribution in [-0.4, -0.2) is 45.0 Å². The standard InChI is InChI=1S/C18H24N4O2S/c1-11-13-15(20-10-21(3)16(13)23)25-14(11)17(24)22-9-4-6-12-18(22,2)7-5-8-19-12/h10,12,19H,4-9H2,1-3H3/t12-,18+/m1/s1. The summed E-state index contributed by atoms with van der Waals surface area (Å²) in [5, 5.41) is 4.18. The van der Waals surface area contributed by atoms with E-state index >= 15 is 0 Å². The molecule has 2 aromatic rings. The number of nitrogens with zero attached hydrogens (tertiary/aromatic N) is 3. The zero-order valence-corrected chi connectivity index (χ0v) is 15.8. The highest BCUT2D eigenvalue weighted by Crippen LogP contribution is 2.38. The molecule has 0 spiro atoms. The zero-order chi connectivity index (χ0) is 17.8. The number of rotatable bonds is 1. The molecule has 1 amide bonds. The maximum absolute atomic E-state index is 13.4. The fourth-order valence-electron chi connectivity index (χ4n) is 4.43. The molecule has 4 heterocycles. The van der Waals surface area contributed by atoms with Crippen molar-refractivity contribution in [2.24, 2.45) is 7.05 Å². The minimum atomic E-state index is -0.144. The molecule has 2 atom stereocenters. The van der Waals surface area contributed by atoms with E-state index < -0.39 is 0 Å². The van der Waals surface area contributed by atoms with Crippen LogP contribution in [0.15, 0.2) is 11.1 Å². The summed E-state index contributed by atoms with van der Waals surface area (Å²) in [5.41, 5.74) is 0.544. The molecule has 2 aromatic heterocycles. The van der Waals surface area contributed by atoms with Crippen molar-refractivity contribution >= 4 is 27.5 Å². The van der Waals surface area contributed by atoms with Crippen molar-refractivity contribution < 1.29 is 4.79 Å². The number of carbonyl (C=O) groups is 1. The van der Waals surface area contributed by atoms with Gasteiger partial charge in [0.25, 0.3) is 11.5 Å². The Hall–Kier alpha value is -1.73. The molecule has 2 saturated heterocycles. The number of hydrogen-bond acceptors (Lipinski definition) is 5. The minimum absolute atomic E-state index is 0.0541. The maximum Gasteiger partial charge on any atom is 0.264 e. The number of thiophene rings is 1. The van der Waals surface area contributed by atoms with Gasteiger partial charge in [-0.25, -0.2) is 4.98 Å². The highest BCUT2D eigenvalue weighted by atomic mass is 32.1. The van der Waals surface area contributed by atoms with Crippen LogP contribution in [0.2, 0.25) is 0 Å². The summed E-state index contributed by atoms with van der Waals surface area (Å²) in [6.07, 6.45) is 5.78. The molecule has 2 fully saturated rings. The van der Waals surface area contributed by atoms with E-state index in [9.17, 15) is 9.59 Å². The van der Waals surface area contributed by atoms with Crippen molar-refractivity contribution in [2.75, 3.05) is 13.1 Å². The van der Waals surface area contributed by atoms with Gasteiger partial charge in [-0.15, -0.1) is 11.3 Å². The van der Waals surface area contributed by atoms with Gasteiger partial charge in [0.05, 0.1) is 22.1 Å². The van der Waals surface area contributed by atoms with Crippen LogP contribution in [0.1, 0.15) is 47.8 Å². The molecule has 0 bridgehead atoms. The van der Waals surface area contributed by atoms with E-state index in [2.05, 4.69) is 22.1 Å². The number of likely N-dealkylation sites (tertiary alicyclic amines) is 1. The second-order valence-corrected chi connectivity index (χ2v) is 8.46. The summed E-state index contributed by atoms with van der Waals surface area (Å²) in [6, 6.07) is 0.361. The number of nitrogens with one attached hydrogen (secondary N) is 1. The van der Waals surface area contributed by atoms with Gasteiger partial charge >= 0.3 is 0 Å². The summed E-state index contributed by atoms with van der Waals surface area (Å²) >= 11 is 1.35. The van der Waals surface area contributed by atoms with E-state index in [4.69, 9.17) is 0 Å². The Kier molecular flexibility index (Phi) is 3.96. The highest BCUT2D eigenvalue weighted by Gasteiger charge is 2.46. The smallest absolute Gasteiger partial charge is 0.264 e. The SMILES string of the molecule is Cc1c(C(=O)N2CCC[C@H]3NCCC[C@@]32C)sc2ncn(C)c(=O)c12. The van der Waals surface area contributed by atoms with Gasteiger partial charge in [-0.2, -0.15) is 0 Å². The summed E-state index contributed by atoms with van der Waals surface area (Å²) in [5.74, 6) is 0.0541. The Morgan fingerprint density at radius 2 is 2.24 bits per heavy atom. The van der Waals surface area contributed by atoms with E-state index in [0.717, 1.165) is 44.3 Å². The number of amides is 1. The Bertz CT molecular complexity index is 900. The van der Waals surface area contributed by atoms with E-state index in [1.165, 1.54) is 22.2 Å². The third-order valence-electron chi connectivity index (χ3n) is 5.94. The Morgan fingerprint density at radius 1 is 1.44 bits per heavy atom. The van der Waals surface area contributed by atoms with Crippen LogP contribution in [0, 0.1) is 6.92 Å². The number of aryl methyl sites for hydroxylation is 2. The fraction of sp³-hybridized carbons (Fsp3) is 0.611. The molecular weight excluding hydrogens is 336 g/mol. The highest BCUT2D eigenvalue weighted by molar-refractivity contribution is 7.20. The van der Waals surface area contributed by atoms with E-state index in [1.54, 1.807) is 7.05 Å². The first-order chi connectivity index (χ1) is 11.9. The fourth-order valence-corrected chi connectivity index (χ4v) is 5.52. The first-order valence-electron chi connectivity index (χ1n) is 8.93. The third kappa shape index (κ3) is 2.44. The first-order valence-corrected chi connectivity index (χ1v) is 9.75. The van der Waals surface area contributed by atoms with Gasteiger partial charge in [0.2, 0.25) is 0 Å². The Balaban J connectivity index is 1.78.